The Kier molecular flexibility index (Phi) is 9.55. The first-order valence-corrected chi connectivity index (χ1v) is 17.5. The first kappa shape index (κ1) is 32.4. The van der Waals surface area contributed by atoms with Gasteiger partial charge in [0, 0.05) is 66.5 Å². The van der Waals surface area contributed by atoms with Crippen molar-refractivity contribution in [1.29, 1.82) is 5.26 Å². The van der Waals surface area contributed by atoms with E-state index in [0.717, 1.165) is 41.4 Å². The molecule has 2 atom stereocenters. The number of piperazine rings is 1. The first-order chi connectivity index (χ1) is 23.4. The third kappa shape index (κ3) is 6.48. The van der Waals surface area contributed by atoms with Gasteiger partial charge in [0.15, 0.2) is 5.83 Å². The van der Waals surface area contributed by atoms with Gasteiger partial charge < -0.3 is 24.8 Å². The van der Waals surface area contributed by atoms with Gasteiger partial charge in [-0.05, 0) is 50.4 Å². The van der Waals surface area contributed by atoms with Crippen LogP contribution in [-0.4, -0.2) is 89.1 Å². The van der Waals surface area contributed by atoms with Crippen LogP contribution in [0.1, 0.15) is 41.2 Å². The fraction of sp³-hybridized carbons (Fsp3) is 0.400. The number of benzene rings is 2. The maximum Gasteiger partial charge on any atom is 0.317 e. The minimum Gasteiger partial charge on any atom is -0.462 e. The van der Waals surface area contributed by atoms with Gasteiger partial charge in [-0.25, -0.2) is 9.37 Å². The monoisotopic (exact) mass is 686 g/mol. The van der Waals surface area contributed by atoms with Crippen molar-refractivity contribution in [2.24, 2.45) is 0 Å². The maximum atomic E-state index is 16.8. The molecule has 10 nitrogen and oxygen atoms in total. The Morgan fingerprint density at radius 3 is 2.83 bits per heavy atom. The van der Waals surface area contributed by atoms with E-state index in [1.807, 2.05) is 30.3 Å². The molecule has 0 aliphatic carbocycles. The number of likely N-dealkylation sites (N-methyl/N-ethyl adjacent to an activating group) is 1. The fourth-order valence-electron chi connectivity index (χ4n) is 6.93. The molecule has 0 bridgehead atoms. The van der Waals surface area contributed by atoms with Crippen LogP contribution in [0.25, 0.3) is 16.3 Å². The van der Waals surface area contributed by atoms with Gasteiger partial charge in [-0.2, -0.15) is 15.2 Å². The quantitative estimate of drug-likeness (QED) is 0.250. The lowest BCUT2D eigenvalue weighted by atomic mass is 9.96. The summed E-state index contributed by atoms with van der Waals surface area (Å²) in [6.07, 6.45) is 4.43. The summed E-state index contributed by atoms with van der Waals surface area (Å²) in [5.41, 5.74) is 2.83. The van der Waals surface area contributed by atoms with Gasteiger partial charge >= 0.3 is 6.01 Å². The molecule has 1 amide bonds. The van der Waals surface area contributed by atoms with Crippen molar-refractivity contribution < 1.29 is 13.9 Å². The number of hydrogen-bond donors (Lipinski definition) is 1. The van der Waals surface area contributed by atoms with Crippen LogP contribution in [0, 0.1) is 11.3 Å². The molecular formula is C35H36ClFN8O2S. The molecule has 3 aliphatic heterocycles. The highest BCUT2D eigenvalue weighted by Gasteiger charge is 2.33. The third-order valence-corrected chi connectivity index (χ3v) is 10.6. The van der Waals surface area contributed by atoms with Crippen LogP contribution >= 0.6 is 22.9 Å². The number of halogens is 2. The zero-order valence-electron chi connectivity index (χ0n) is 26.7. The standard InChI is InChI=1S/C35H36ClFN8O2S/c1-43-15-4-7-24(43)21-47-35-41-27-20-44(28-9-3-6-22-5-2-8-26(36)29(22)28)16-11-25(27)32(42-35)30(33-40-14-18-48-33)31(37)34(46)45-17-13-39-23(19-45)10-12-38/h2-3,5-6,8-9,14,18,23-24,39H,4,7,10-11,13,15-17,19-21H2,1H3/b31-30-/t23-,24-/m0/s1. The zero-order chi connectivity index (χ0) is 33.2. The summed E-state index contributed by atoms with van der Waals surface area (Å²) in [6, 6.07) is 14.3. The van der Waals surface area contributed by atoms with Gasteiger partial charge in [-0.1, -0.05) is 35.9 Å². The van der Waals surface area contributed by atoms with E-state index in [1.165, 1.54) is 16.2 Å². The second-order valence-electron chi connectivity index (χ2n) is 12.4. The average molecular weight is 687 g/mol. The SMILES string of the molecule is CN1CCC[C@H]1COc1nc2c(c(/C(=C(/F)C(=O)N3CCN[C@@H](CC#N)C3)c3nccs3)n1)CCN(c1cccc3cccc(Cl)c13)C2. The van der Waals surface area contributed by atoms with E-state index in [9.17, 15) is 10.1 Å². The van der Waals surface area contributed by atoms with Gasteiger partial charge in [0.05, 0.1) is 41.0 Å². The summed E-state index contributed by atoms with van der Waals surface area (Å²) in [6.45, 7) is 3.46. The number of nitrogens with one attached hydrogen (secondary N) is 1. The van der Waals surface area contributed by atoms with E-state index in [4.69, 9.17) is 26.3 Å². The van der Waals surface area contributed by atoms with Gasteiger partial charge in [0.25, 0.3) is 5.91 Å². The van der Waals surface area contributed by atoms with Crippen LogP contribution in [0.15, 0.2) is 53.8 Å². The number of likely N-dealkylation sites (tertiary alicyclic amines) is 1. The van der Waals surface area contributed by atoms with E-state index in [-0.39, 0.29) is 36.6 Å². The predicted octanol–water partition coefficient (Wildman–Crippen LogP) is 5.22. The third-order valence-electron chi connectivity index (χ3n) is 9.46. The molecule has 0 spiro atoms. The summed E-state index contributed by atoms with van der Waals surface area (Å²) in [4.78, 5) is 33.9. The topological polar surface area (TPSA) is 111 Å². The Morgan fingerprint density at radius 2 is 2.06 bits per heavy atom. The Morgan fingerprint density at radius 1 is 1.21 bits per heavy atom. The molecule has 2 aromatic heterocycles. The Hall–Kier alpha value is -4.15. The van der Waals surface area contributed by atoms with Crippen LogP contribution < -0.4 is 15.0 Å². The van der Waals surface area contributed by atoms with E-state index in [2.05, 4.69) is 39.3 Å². The van der Waals surface area contributed by atoms with Crippen LogP contribution in [0.5, 0.6) is 6.01 Å². The van der Waals surface area contributed by atoms with Crippen LogP contribution in [0.3, 0.4) is 0 Å². The highest BCUT2D eigenvalue weighted by Crippen LogP contribution is 2.39. The van der Waals surface area contributed by atoms with E-state index in [1.54, 1.807) is 11.6 Å². The number of carbonyl (C=O) groups is 1. The summed E-state index contributed by atoms with van der Waals surface area (Å²) >= 11 is 7.97. The predicted molar refractivity (Wildman–Crippen MR) is 185 cm³/mol. The van der Waals surface area contributed by atoms with Crippen molar-refractivity contribution >= 4 is 50.9 Å². The summed E-state index contributed by atoms with van der Waals surface area (Å²) in [5, 5.41) is 17.2. The van der Waals surface area contributed by atoms with Crippen molar-refractivity contribution in [1.82, 2.24) is 30.1 Å². The summed E-state index contributed by atoms with van der Waals surface area (Å²) in [5.74, 6) is -1.66. The first-order valence-electron chi connectivity index (χ1n) is 16.3. The number of nitrogens with zero attached hydrogens (tertiary/aromatic N) is 7. The fourth-order valence-corrected chi connectivity index (χ4v) is 7.89. The van der Waals surface area contributed by atoms with E-state index in [0.29, 0.717) is 60.6 Å². The van der Waals surface area contributed by atoms with Crippen molar-refractivity contribution in [3.05, 3.63) is 80.8 Å². The molecule has 248 valence electrons. The average Bonchev–Trinajstić information content (AvgIpc) is 3.79. The molecule has 5 heterocycles. The Labute approximate surface area is 287 Å². The molecule has 7 rings (SSSR count). The highest BCUT2D eigenvalue weighted by molar-refractivity contribution is 7.10. The van der Waals surface area contributed by atoms with Crippen molar-refractivity contribution in [3.8, 4) is 12.1 Å². The molecule has 48 heavy (non-hydrogen) atoms. The molecule has 0 saturated carbocycles. The van der Waals surface area contributed by atoms with Crippen LogP contribution in [-0.2, 0) is 17.8 Å². The van der Waals surface area contributed by atoms with Crippen molar-refractivity contribution in [2.75, 3.05) is 51.3 Å². The Bertz CT molecular complexity index is 1890. The minimum absolute atomic E-state index is 0.0495. The number of aromatic nitrogens is 3. The molecule has 13 heteroatoms. The van der Waals surface area contributed by atoms with Crippen LogP contribution in [0.2, 0.25) is 5.02 Å². The van der Waals surface area contributed by atoms with E-state index < -0.39 is 11.7 Å². The van der Waals surface area contributed by atoms with E-state index >= 15 is 4.39 Å². The lowest BCUT2D eigenvalue weighted by Gasteiger charge is -2.33. The van der Waals surface area contributed by atoms with Crippen molar-refractivity contribution in [2.45, 2.75) is 44.3 Å². The normalized spacial score (nSPS) is 20.4. The second-order valence-corrected chi connectivity index (χ2v) is 13.7. The van der Waals surface area contributed by atoms with Crippen LogP contribution in [0.4, 0.5) is 10.1 Å². The zero-order valence-corrected chi connectivity index (χ0v) is 28.2. The van der Waals surface area contributed by atoms with Crippen molar-refractivity contribution in [3.63, 3.8) is 0 Å². The molecule has 1 N–H and O–H groups in total. The van der Waals surface area contributed by atoms with Gasteiger partial charge in [0.1, 0.15) is 11.6 Å². The largest absolute Gasteiger partial charge is 0.462 e. The minimum atomic E-state index is -0.923. The van der Waals surface area contributed by atoms with Gasteiger partial charge in [-0.15, -0.1) is 11.3 Å². The molecule has 3 aliphatic rings. The number of carbonyl (C=O) groups excluding carboxylic acids is 1. The molecule has 2 aromatic carbocycles. The number of amides is 1. The number of thiazole rings is 1. The molecule has 0 radical (unpaired) electrons. The smallest absolute Gasteiger partial charge is 0.317 e. The molecule has 2 fully saturated rings. The lowest BCUT2D eigenvalue weighted by Crippen LogP contribution is -2.52. The number of rotatable bonds is 8. The molecule has 4 aromatic rings. The molecular weight excluding hydrogens is 651 g/mol. The van der Waals surface area contributed by atoms with Gasteiger partial charge in [0.2, 0.25) is 0 Å². The maximum absolute atomic E-state index is 16.8. The summed E-state index contributed by atoms with van der Waals surface area (Å²) in [7, 11) is 2.08. The summed E-state index contributed by atoms with van der Waals surface area (Å²) < 4.78 is 23.1. The number of hydrogen-bond acceptors (Lipinski definition) is 10. The Balaban J connectivity index is 1.31. The van der Waals surface area contributed by atoms with Gasteiger partial charge in [-0.3, -0.25) is 4.79 Å². The second kappa shape index (κ2) is 14.1. The number of anilines is 1. The number of nitriles is 1. The molecule has 2 saturated heterocycles. The lowest BCUT2D eigenvalue weighted by molar-refractivity contribution is -0.129. The highest BCUT2D eigenvalue weighted by atomic mass is 35.5. The number of fused-ring (bicyclic) bond motifs is 2. The number of ether oxygens (including phenoxy) is 1. The molecule has 0 unspecified atom stereocenters.